The van der Waals surface area contributed by atoms with Gasteiger partial charge >= 0.3 is 0 Å². The first-order valence-electron chi connectivity index (χ1n) is 8.75. The monoisotopic (exact) mass is 376 g/mol. The molecule has 0 spiro atoms. The number of nitrogens with one attached hydrogen (secondary N) is 2. The highest BCUT2D eigenvalue weighted by Gasteiger charge is 2.10. The average molecular weight is 376 g/mol. The summed E-state index contributed by atoms with van der Waals surface area (Å²) in [6.45, 7) is 3.17. The summed E-state index contributed by atoms with van der Waals surface area (Å²) in [6, 6.07) is 20.8. The number of benzene rings is 3. The van der Waals surface area contributed by atoms with Crippen molar-refractivity contribution in [1.82, 2.24) is 14.9 Å². The summed E-state index contributed by atoms with van der Waals surface area (Å²) in [4.78, 5) is 0. The smallest absolute Gasteiger partial charge is 0.214 e. The van der Waals surface area contributed by atoms with E-state index in [2.05, 4.69) is 65.0 Å². The van der Waals surface area contributed by atoms with Gasteiger partial charge in [0.2, 0.25) is 4.77 Å². The molecule has 0 bridgehead atoms. The maximum Gasteiger partial charge on any atom is 0.214 e. The van der Waals surface area contributed by atoms with Gasteiger partial charge in [0, 0.05) is 5.56 Å². The molecule has 136 valence electrons. The topological polar surface area (TPSA) is 54.9 Å². The van der Waals surface area contributed by atoms with Gasteiger partial charge in [-0.1, -0.05) is 60.2 Å². The van der Waals surface area contributed by atoms with Crippen LogP contribution in [0.2, 0.25) is 0 Å². The Morgan fingerprint density at radius 1 is 1.07 bits per heavy atom. The molecule has 0 saturated carbocycles. The van der Waals surface area contributed by atoms with E-state index >= 15 is 0 Å². The lowest BCUT2D eigenvalue weighted by atomic mass is 10.0. The molecule has 0 saturated heterocycles. The van der Waals surface area contributed by atoms with Gasteiger partial charge in [0.15, 0.2) is 0 Å². The van der Waals surface area contributed by atoms with Crippen molar-refractivity contribution in [3.8, 4) is 5.75 Å². The third kappa shape index (κ3) is 3.85. The summed E-state index contributed by atoms with van der Waals surface area (Å²) in [5.41, 5.74) is 6.76. The van der Waals surface area contributed by atoms with E-state index in [1.807, 2.05) is 18.2 Å². The highest BCUT2D eigenvalue weighted by Crippen LogP contribution is 2.29. The lowest BCUT2D eigenvalue weighted by Gasteiger charge is -2.16. The molecule has 0 aliphatic rings. The van der Waals surface area contributed by atoms with E-state index in [4.69, 9.17) is 17.0 Å². The Morgan fingerprint density at radius 3 is 2.67 bits per heavy atom. The number of aryl methyl sites for hydroxylation is 1. The number of hydrogen-bond donors (Lipinski definition) is 2. The van der Waals surface area contributed by atoms with Gasteiger partial charge in [0.1, 0.15) is 18.7 Å². The van der Waals surface area contributed by atoms with Crippen molar-refractivity contribution < 1.29 is 4.74 Å². The standard InChI is InChI=1S/C21H20N4OS/c1-15-6-8-16(9-7-15)13-26-20-11-10-17-4-2-3-5-18(17)19(20)12-23-25-14-22-24-21(25)27/h2-11,14,23H,12-13H2,1H3,(H,24,27). The van der Waals surface area contributed by atoms with Crippen molar-refractivity contribution in [2.24, 2.45) is 0 Å². The summed E-state index contributed by atoms with van der Waals surface area (Å²) >= 11 is 5.21. The molecule has 5 nitrogen and oxygen atoms in total. The molecule has 1 aromatic heterocycles. The Labute approximate surface area is 162 Å². The molecule has 4 aromatic rings. The van der Waals surface area contributed by atoms with Crippen molar-refractivity contribution in [2.75, 3.05) is 5.43 Å². The molecular weight excluding hydrogens is 356 g/mol. The summed E-state index contributed by atoms with van der Waals surface area (Å²) in [6.07, 6.45) is 1.63. The fourth-order valence-corrected chi connectivity index (χ4v) is 3.17. The van der Waals surface area contributed by atoms with E-state index < -0.39 is 0 Å². The normalized spacial score (nSPS) is 10.9. The number of ether oxygens (including phenoxy) is 1. The second-order valence-corrected chi connectivity index (χ2v) is 6.79. The zero-order valence-electron chi connectivity index (χ0n) is 15.0. The van der Waals surface area contributed by atoms with Crippen LogP contribution in [0.4, 0.5) is 0 Å². The van der Waals surface area contributed by atoms with Crippen LogP contribution in [-0.4, -0.2) is 14.9 Å². The number of hydrogen-bond acceptors (Lipinski definition) is 4. The van der Waals surface area contributed by atoms with Crippen LogP contribution in [0, 0.1) is 11.7 Å². The molecule has 0 amide bonds. The molecule has 0 aliphatic carbocycles. The van der Waals surface area contributed by atoms with Gasteiger partial charge in [-0.3, -0.25) is 5.10 Å². The lowest BCUT2D eigenvalue weighted by molar-refractivity contribution is 0.303. The minimum atomic E-state index is 0.525. The third-order valence-electron chi connectivity index (χ3n) is 4.49. The molecule has 4 rings (SSSR count). The number of aromatic nitrogens is 3. The van der Waals surface area contributed by atoms with Crippen molar-refractivity contribution in [1.29, 1.82) is 0 Å². The Hall–Kier alpha value is -3.12. The number of nitrogens with zero attached hydrogens (tertiary/aromatic N) is 2. The SMILES string of the molecule is Cc1ccc(COc2ccc3ccccc3c2CNn2cn[nH]c2=S)cc1. The number of rotatable bonds is 6. The van der Waals surface area contributed by atoms with Gasteiger partial charge in [-0.15, -0.1) is 0 Å². The number of aromatic amines is 1. The fourth-order valence-electron chi connectivity index (χ4n) is 3.00. The molecule has 1 heterocycles. The maximum absolute atomic E-state index is 6.17. The van der Waals surface area contributed by atoms with Crippen LogP contribution in [0.25, 0.3) is 10.8 Å². The first-order valence-corrected chi connectivity index (χ1v) is 9.16. The van der Waals surface area contributed by atoms with Crippen molar-refractivity contribution in [2.45, 2.75) is 20.1 Å². The number of H-pyrrole nitrogens is 1. The van der Waals surface area contributed by atoms with Crippen LogP contribution in [-0.2, 0) is 13.2 Å². The summed E-state index contributed by atoms with van der Waals surface area (Å²) in [7, 11) is 0. The van der Waals surface area contributed by atoms with Crippen molar-refractivity contribution in [3.63, 3.8) is 0 Å². The quantitative estimate of drug-likeness (QED) is 0.478. The Bertz CT molecular complexity index is 1110. The van der Waals surface area contributed by atoms with E-state index in [1.54, 1.807) is 11.0 Å². The summed E-state index contributed by atoms with van der Waals surface area (Å²) < 4.78 is 8.39. The molecule has 27 heavy (non-hydrogen) atoms. The van der Waals surface area contributed by atoms with Gasteiger partial charge in [-0.2, -0.15) is 5.10 Å². The largest absolute Gasteiger partial charge is 0.489 e. The van der Waals surface area contributed by atoms with Crippen LogP contribution in [0.1, 0.15) is 16.7 Å². The lowest BCUT2D eigenvalue weighted by Crippen LogP contribution is -2.14. The Morgan fingerprint density at radius 2 is 1.89 bits per heavy atom. The Kier molecular flexibility index (Phi) is 4.89. The molecule has 3 aromatic carbocycles. The second-order valence-electron chi connectivity index (χ2n) is 6.40. The van der Waals surface area contributed by atoms with Gasteiger partial charge in [-0.05, 0) is 41.5 Å². The van der Waals surface area contributed by atoms with Crippen LogP contribution in [0.15, 0.2) is 67.0 Å². The molecule has 0 atom stereocenters. The number of fused-ring (bicyclic) bond motifs is 1. The second kappa shape index (κ2) is 7.63. The van der Waals surface area contributed by atoms with Gasteiger partial charge in [-0.25, -0.2) is 4.68 Å². The Balaban J connectivity index is 1.63. The highest BCUT2D eigenvalue weighted by molar-refractivity contribution is 7.71. The van der Waals surface area contributed by atoms with E-state index in [0.29, 0.717) is 17.9 Å². The first kappa shape index (κ1) is 17.3. The highest BCUT2D eigenvalue weighted by atomic mass is 32.1. The zero-order chi connectivity index (χ0) is 18.6. The molecular formula is C21H20N4OS. The summed E-state index contributed by atoms with van der Waals surface area (Å²) in [5, 5.41) is 9.01. The van der Waals surface area contributed by atoms with Crippen molar-refractivity contribution in [3.05, 3.63) is 88.5 Å². The molecule has 0 radical (unpaired) electrons. The predicted molar refractivity (Wildman–Crippen MR) is 110 cm³/mol. The van der Waals surface area contributed by atoms with Crippen LogP contribution < -0.4 is 10.2 Å². The van der Waals surface area contributed by atoms with Gasteiger partial charge in [0.25, 0.3) is 0 Å². The summed E-state index contributed by atoms with van der Waals surface area (Å²) in [5.74, 6) is 0.858. The minimum absolute atomic E-state index is 0.525. The predicted octanol–water partition coefficient (Wildman–Crippen LogP) is 4.73. The van der Waals surface area contributed by atoms with Crippen molar-refractivity contribution >= 4 is 23.0 Å². The van der Waals surface area contributed by atoms with Crippen LogP contribution in [0.3, 0.4) is 0 Å². The molecule has 0 fully saturated rings. The van der Waals surface area contributed by atoms with E-state index in [1.165, 1.54) is 10.9 Å². The molecule has 0 aliphatic heterocycles. The molecule has 0 unspecified atom stereocenters. The zero-order valence-corrected chi connectivity index (χ0v) is 15.8. The van der Waals surface area contributed by atoms with E-state index in [9.17, 15) is 0 Å². The maximum atomic E-state index is 6.17. The van der Waals surface area contributed by atoms with Gasteiger partial charge in [0.05, 0.1) is 6.54 Å². The third-order valence-corrected chi connectivity index (χ3v) is 4.78. The van der Waals surface area contributed by atoms with Crippen LogP contribution >= 0.6 is 12.2 Å². The van der Waals surface area contributed by atoms with E-state index in [0.717, 1.165) is 22.3 Å². The first-order chi connectivity index (χ1) is 13.2. The minimum Gasteiger partial charge on any atom is -0.489 e. The fraction of sp³-hybridized carbons (Fsp3) is 0.143. The van der Waals surface area contributed by atoms with Gasteiger partial charge < -0.3 is 10.2 Å². The molecule has 6 heteroatoms. The van der Waals surface area contributed by atoms with Crippen LogP contribution in [0.5, 0.6) is 5.75 Å². The van der Waals surface area contributed by atoms with E-state index in [-0.39, 0.29) is 0 Å². The molecule has 2 N–H and O–H groups in total. The average Bonchev–Trinajstić information content (AvgIpc) is 3.11.